The highest BCUT2D eigenvalue weighted by Gasteiger charge is 2.08. The van der Waals surface area contributed by atoms with Crippen molar-refractivity contribution in [3.8, 4) is 5.75 Å². The van der Waals surface area contributed by atoms with Crippen LogP contribution in [0.4, 0.5) is 0 Å². The molecule has 2 rings (SSSR count). The molecule has 0 spiro atoms. The van der Waals surface area contributed by atoms with Gasteiger partial charge in [0.1, 0.15) is 5.75 Å². The zero-order valence-electron chi connectivity index (χ0n) is 9.85. The number of phenols is 1. The summed E-state index contributed by atoms with van der Waals surface area (Å²) in [5.41, 5.74) is 1.43. The number of halogens is 1. The van der Waals surface area contributed by atoms with Crippen LogP contribution >= 0.6 is 11.6 Å². The van der Waals surface area contributed by atoms with Crippen LogP contribution in [0, 0.1) is 0 Å². The van der Waals surface area contributed by atoms with E-state index in [1.807, 2.05) is 29.9 Å². The van der Waals surface area contributed by atoms with E-state index in [-0.39, 0.29) is 16.7 Å². The van der Waals surface area contributed by atoms with Gasteiger partial charge in [-0.3, -0.25) is 4.79 Å². The normalized spacial score (nSPS) is 10.3. The van der Waals surface area contributed by atoms with Gasteiger partial charge >= 0.3 is 0 Å². The van der Waals surface area contributed by atoms with Crippen molar-refractivity contribution in [2.75, 3.05) is 0 Å². The second-order valence-electron chi connectivity index (χ2n) is 3.96. The first-order valence-electron chi connectivity index (χ1n) is 5.45. The summed E-state index contributed by atoms with van der Waals surface area (Å²) in [6.45, 7) is 0.445. The smallest absolute Gasteiger partial charge is 0.251 e. The van der Waals surface area contributed by atoms with E-state index in [2.05, 4.69) is 5.32 Å². The molecule has 1 heterocycles. The molecule has 0 unspecified atom stereocenters. The average Bonchev–Trinajstić information content (AvgIpc) is 2.75. The summed E-state index contributed by atoms with van der Waals surface area (Å²) in [7, 11) is 1.92. The Morgan fingerprint density at radius 1 is 1.44 bits per heavy atom. The molecule has 1 amide bonds. The van der Waals surface area contributed by atoms with Crippen molar-refractivity contribution in [3.05, 3.63) is 52.8 Å². The molecular weight excluding hydrogens is 252 g/mol. The molecule has 0 aliphatic carbocycles. The van der Waals surface area contributed by atoms with Gasteiger partial charge in [0.15, 0.2) is 0 Å². The maximum absolute atomic E-state index is 11.9. The van der Waals surface area contributed by atoms with Crippen LogP contribution in [0.2, 0.25) is 5.02 Å². The van der Waals surface area contributed by atoms with Crippen molar-refractivity contribution in [1.82, 2.24) is 9.88 Å². The van der Waals surface area contributed by atoms with Crippen LogP contribution in [0.15, 0.2) is 36.5 Å². The number of nitrogens with zero attached hydrogens (tertiary/aromatic N) is 1. The van der Waals surface area contributed by atoms with E-state index in [0.29, 0.717) is 12.1 Å². The Labute approximate surface area is 110 Å². The first-order valence-corrected chi connectivity index (χ1v) is 5.82. The minimum absolute atomic E-state index is 0.0318. The lowest BCUT2D eigenvalue weighted by Gasteiger charge is -2.07. The highest BCUT2D eigenvalue weighted by Crippen LogP contribution is 2.23. The SMILES string of the molecule is Cn1cccc1CNC(=O)c1ccc(O)c(Cl)c1. The van der Waals surface area contributed by atoms with E-state index in [0.717, 1.165) is 5.69 Å². The number of phenolic OH excluding ortho intramolecular Hbond substituents is 1. The summed E-state index contributed by atoms with van der Waals surface area (Å²) in [4.78, 5) is 11.9. The number of carbonyl (C=O) groups is 1. The maximum atomic E-state index is 11.9. The molecule has 0 atom stereocenters. The van der Waals surface area contributed by atoms with Gasteiger partial charge in [0.25, 0.3) is 5.91 Å². The number of aryl methyl sites for hydroxylation is 1. The molecule has 0 fully saturated rings. The second-order valence-corrected chi connectivity index (χ2v) is 4.37. The molecule has 0 bridgehead atoms. The third-order valence-electron chi connectivity index (χ3n) is 2.69. The predicted octanol–water partition coefficient (Wildman–Crippen LogP) is 2.31. The second kappa shape index (κ2) is 5.14. The zero-order chi connectivity index (χ0) is 13.1. The quantitative estimate of drug-likeness (QED) is 0.894. The lowest BCUT2D eigenvalue weighted by molar-refractivity contribution is 0.0950. The first kappa shape index (κ1) is 12.5. The first-order chi connectivity index (χ1) is 8.58. The number of amides is 1. The third-order valence-corrected chi connectivity index (χ3v) is 2.99. The number of hydrogen-bond acceptors (Lipinski definition) is 2. The number of hydrogen-bond donors (Lipinski definition) is 2. The highest BCUT2D eigenvalue weighted by atomic mass is 35.5. The van der Waals surface area contributed by atoms with Gasteiger partial charge in [-0.05, 0) is 30.3 Å². The summed E-state index contributed by atoms with van der Waals surface area (Å²) in [6.07, 6.45) is 1.92. The number of benzene rings is 1. The number of rotatable bonds is 3. The Bertz CT molecular complexity index is 578. The standard InChI is InChI=1S/C13H13ClN2O2/c1-16-6-2-3-10(16)8-15-13(18)9-4-5-12(17)11(14)7-9/h2-7,17H,8H2,1H3,(H,15,18). The van der Waals surface area contributed by atoms with E-state index < -0.39 is 0 Å². The molecular formula is C13H13ClN2O2. The third kappa shape index (κ3) is 2.65. The van der Waals surface area contributed by atoms with Crippen LogP contribution in [-0.2, 0) is 13.6 Å². The largest absolute Gasteiger partial charge is 0.506 e. The monoisotopic (exact) mass is 264 g/mol. The fourth-order valence-electron chi connectivity index (χ4n) is 1.60. The van der Waals surface area contributed by atoms with Gasteiger partial charge in [-0.15, -0.1) is 0 Å². The molecule has 1 aromatic heterocycles. The minimum atomic E-state index is -0.224. The van der Waals surface area contributed by atoms with Gasteiger partial charge < -0.3 is 15.0 Å². The van der Waals surface area contributed by atoms with E-state index in [1.54, 1.807) is 0 Å². The Morgan fingerprint density at radius 3 is 2.83 bits per heavy atom. The van der Waals surface area contributed by atoms with E-state index in [1.165, 1.54) is 18.2 Å². The van der Waals surface area contributed by atoms with Gasteiger partial charge in [-0.1, -0.05) is 11.6 Å². The molecule has 94 valence electrons. The van der Waals surface area contributed by atoms with Gasteiger partial charge in [0.05, 0.1) is 11.6 Å². The Morgan fingerprint density at radius 2 is 2.22 bits per heavy atom. The lowest BCUT2D eigenvalue weighted by Crippen LogP contribution is -2.23. The van der Waals surface area contributed by atoms with E-state index in [9.17, 15) is 9.90 Å². The van der Waals surface area contributed by atoms with Crippen LogP contribution in [0.1, 0.15) is 16.1 Å². The Hall–Kier alpha value is -1.94. The molecule has 1 aromatic carbocycles. The summed E-state index contributed by atoms with van der Waals surface area (Å²) >= 11 is 5.75. The predicted molar refractivity (Wildman–Crippen MR) is 69.7 cm³/mol. The molecule has 5 heteroatoms. The number of aromatic nitrogens is 1. The topological polar surface area (TPSA) is 54.3 Å². The lowest BCUT2D eigenvalue weighted by atomic mass is 10.2. The Balaban J connectivity index is 2.04. The van der Waals surface area contributed by atoms with Gasteiger partial charge in [-0.2, -0.15) is 0 Å². The molecule has 0 aliphatic heterocycles. The summed E-state index contributed by atoms with van der Waals surface area (Å²) in [5.74, 6) is -0.256. The van der Waals surface area contributed by atoms with Crippen molar-refractivity contribution in [1.29, 1.82) is 0 Å². The van der Waals surface area contributed by atoms with Crippen molar-refractivity contribution < 1.29 is 9.90 Å². The summed E-state index contributed by atoms with van der Waals surface area (Å²) in [5, 5.41) is 12.2. The molecule has 2 aromatic rings. The maximum Gasteiger partial charge on any atom is 0.251 e. The van der Waals surface area contributed by atoms with Crippen LogP contribution in [0.3, 0.4) is 0 Å². The molecule has 0 saturated heterocycles. The van der Waals surface area contributed by atoms with Gasteiger partial charge in [0.2, 0.25) is 0 Å². The highest BCUT2D eigenvalue weighted by molar-refractivity contribution is 6.32. The minimum Gasteiger partial charge on any atom is -0.506 e. The van der Waals surface area contributed by atoms with Crippen molar-refractivity contribution in [2.45, 2.75) is 6.54 Å². The van der Waals surface area contributed by atoms with Crippen molar-refractivity contribution >= 4 is 17.5 Å². The van der Waals surface area contributed by atoms with Gasteiger partial charge in [-0.25, -0.2) is 0 Å². The fraction of sp³-hybridized carbons (Fsp3) is 0.154. The van der Waals surface area contributed by atoms with Crippen LogP contribution in [-0.4, -0.2) is 15.6 Å². The molecule has 2 N–H and O–H groups in total. The van der Waals surface area contributed by atoms with Crippen molar-refractivity contribution in [2.24, 2.45) is 7.05 Å². The molecule has 0 saturated carbocycles. The number of aromatic hydroxyl groups is 1. The van der Waals surface area contributed by atoms with Gasteiger partial charge in [0, 0.05) is 24.5 Å². The van der Waals surface area contributed by atoms with Crippen LogP contribution in [0.25, 0.3) is 0 Å². The summed E-state index contributed by atoms with van der Waals surface area (Å²) in [6, 6.07) is 8.22. The van der Waals surface area contributed by atoms with E-state index >= 15 is 0 Å². The molecule has 18 heavy (non-hydrogen) atoms. The fourth-order valence-corrected chi connectivity index (χ4v) is 1.78. The summed E-state index contributed by atoms with van der Waals surface area (Å²) < 4.78 is 1.93. The van der Waals surface area contributed by atoms with E-state index in [4.69, 9.17) is 11.6 Å². The van der Waals surface area contributed by atoms with Crippen molar-refractivity contribution in [3.63, 3.8) is 0 Å². The van der Waals surface area contributed by atoms with Crippen LogP contribution in [0.5, 0.6) is 5.75 Å². The van der Waals surface area contributed by atoms with Crippen LogP contribution < -0.4 is 5.32 Å². The number of carbonyl (C=O) groups excluding carboxylic acids is 1. The Kier molecular flexibility index (Phi) is 3.58. The molecule has 0 aliphatic rings. The number of nitrogens with one attached hydrogen (secondary N) is 1. The average molecular weight is 265 g/mol. The molecule has 4 nitrogen and oxygen atoms in total. The molecule has 0 radical (unpaired) electrons. The zero-order valence-corrected chi connectivity index (χ0v) is 10.6.